The summed E-state index contributed by atoms with van der Waals surface area (Å²) >= 11 is 0. The largest absolute Gasteiger partial charge is 0.388 e. The van der Waals surface area contributed by atoms with Gasteiger partial charge in [-0.2, -0.15) is 0 Å². The van der Waals surface area contributed by atoms with E-state index in [-0.39, 0.29) is 0 Å². The van der Waals surface area contributed by atoms with Crippen LogP contribution in [0.4, 0.5) is 0 Å². The summed E-state index contributed by atoms with van der Waals surface area (Å²) in [6, 6.07) is 1.16. The summed E-state index contributed by atoms with van der Waals surface area (Å²) in [5.41, 5.74) is -1.20. The third kappa shape index (κ3) is 2.04. The molecule has 0 aliphatic carbocycles. The molecule has 0 bridgehead atoms. The molecule has 94 valence electrons. The zero-order valence-corrected chi connectivity index (χ0v) is 9.24. The number of hydrogen-bond acceptors (Lipinski definition) is 5. The summed E-state index contributed by atoms with van der Waals surface area (Å²) < 4.78 is 6.44. The van der Waals surface area contributed by atoms with Crippen LogP contribution in [0.2, 0.25) is 0 Å². The highest BCUT2D eigenvalue weighted by Gasteiger charge is 2.42. The Morgan fingerprint density at radius 3 is 2.65 bits per heavy atom. The van der Waals surface area contributed by atoms with Gasteiger partial charge in [0.2, 0.25) is 0 Å². The average Bonchev–Trinajstić information content (AvgIpc) is 2.57. The Morgan fingerprint density at radius 2 is 2.12 bits per heavy atom. The number of rotatable bonds is 2. The Kier molecular flexibility index (Phi) is 3.14. The molecule has 3 N–H and O–H groups in total. The highest BCUT2D eigenvalue weighted by molar-refractivity contribution is 4.92. The lowest BCUT2D eigenvalue weighted by molar-refractivity contribution is -0.0405. The van der Waals surface area contributed by atoms with Crippen molar-refractivity contribution in [2.75, 3.05) is 0 Å². The first kappa shape index (κ1) is 12.0. The smallest absolute Gasteiger partial charge is 0.330 e. The third-order valence-corrected chi connectivity index (χ3v) is 2.86. The van der Waals surface area contributed by atoms with Gasteiger partial charge in [-0.25, -0.2) is 4.79 Å². The first-order valence-electron chi connectivity index (χ1n) is 5.37. The molecular weight excluding hydrogens is 228 g/mol. The number of aromatic amines is 1. The van der Waals surface area contributed by atoms with Gasteiger partial charge in [-0.3, -0.25) is 14.3 Å². The molecule has 0 radical (unpaired) electrons. The fraction of sp³-hybridized carbons (Fsp3) is 0.600. The van der Waals surface area contributed by atoms with Crippen LogP contribution in [-0.2, 0) is 4.74 Å². The van der Waals surface area contributed by atoms with E-state index in [1.54, 1.807) is 6.92 Å². The SMILES string of the molecule is CC[C@H]1O[C@@H](n2ccc(=O)[nH]c2=O)[C@H](O)[C@@H]1O. The molecule has 4 atom stereocenters. The lowest BCUT2D eigenvalue weighted by atomic mass is 10.1. The maximum absolute atomic E-state index is 11.5. The number of nitrogens with one attached hydrogen (secondary N) is 1. The predicted octanol–water partition coefficient (Wildman–Crippen LogP) is -1.43. The molecule has 1 fully saturated rings. The average molecular weight is 242 g/mol. The molecule has 0 amide bonds. The number of hydrogen-bond donors (Lipinski definition) is 3. The van der Waals surface area contributed by atoms with Crippen molar-refractivity contribution in [1.29, 1.82) is 0 Å². The molecule has 2 rings (SSSR count). The fourth-order valence-electron chi connectivity index (χ4n) is 1.92. The van der Waals surface area contributed by atoms with Crippen molar-refractivity contribution >= 4 is 0 Å². The van der Waals surface area contributed by atoms with Crippen molar-refractivity contribution in [2.24, 2.45) is 0 Å². The fourth-order valence-corrected chi connectivity index (χ4v) is 1.92. The van der Waals surface area contributed by atoms with Gasteiger partial charge in [0.15, 0.2) is 6.23 Å². The Hall–Kier alpha value is -1.44. The molecule has 2 heterocycles. The normalized spacial score (nSPS) is 32.9. The van der Waals surface area contributed by atoms with Crippen LogP contribution in [-0.4, -0.2) is 38.1 Å². The van der Waals surface area contributed by atoms with Crippen molar-refractivity contribution in [3.63, 3.8) is 0 Å². The monoisotopic (exact) mass is 242 g/mol. The molecular formula is C10H14N2O5. The van der Waals surface area contributed by atoms with E-state index >= 15 is 0 Å². The lowest BCUT2D eigenvalue weighted by Crippen LogP contribution is -2.37. The third-order valence-electron chi connectivity index (χ3n) is 2.86. The van der Waals surface area contributed by atoms with E-state index in [1.165, 1.54) is 6.20 Å². The standard InChI is InChI=1S/C10H14N2O5/c1-2-5-7(14)8(15)9(17-5)12-4-3-6(13)11-10(12)16/h3-5,7-9,14-15H,2H2,1H3,(H,11,13,16)/t5-,7-,8-,9-/m1/s1. The summed E-state index contributed by atoms with van der Waals surface area (Å²) in [6.07, 6.45) is -1.97. The van der Waals surface area contributed by atoms with Crippen LogP contribution < -0.4 is 11.2 Å². The summed E-state index contributed by atoms with van der Waals surface area (Å²) in [4.78, 5) is 24.5. The molecule has 0 saturated carbocycles. The van der Waals surface area contributed by atoms with Crippen molar-refractivity contribution < 1.29 is 14.9 Å². The van der Waals surface area contributed by atoms with Gasteiger partial charge in [-0.05, 0) is 6.42 Å². The highest BCUT2D eigenvalue weighted by atomic mass is 16.6. The predicted molar refractivity (Wildman–Crippen MR) is 57.5 cm³/mol. The Balaban J connectivity index is 2.35. The van der Waals surface area contributed by atoms with Crippen LogP contribution in [0.3, 0.4) is 0 Å². The number of ether oxygens (including phenoxy) is 1. The van der Waals surface area contributed by atoms with Gasteiger partial charge in [-0.15, -0.1) is 0 Å². The van der Waals surface area contributed by atoms with Crippen molar-refractivity contribution in [3.8, 4) is 0 Å². The lowest BCUT2D eigenvalue weighted by Gasteiger charge is -2.16. The van der Waals surface area contributed by atoms with Crippen LogP contribution in [0.25, 0.3) is 0 Å². The van der Waals surface area contributed by atoms with Crippen molar-refractivity contribution in [2.45, 2.75) is 37.9 Å². The van der Waals surface area contributed by atoms with E-state index in [0.29, 0.717) is 6.42 Å². The minimum Gasteiger partial charge on any atom is -0.388 e. The Morgan fingerprint density at radius 1 is 1.41 bits per heavy atom. The molecule has 1 aliphatic heterocycles. The number of H-pyrrole nitrogens is 1. The van der Waals surface area contributed by atoms with E-state index in [2.05, 4.69) is 4.98 Å². The first-order chi connectivity index (χ1) is 8.04. The summed E-state index contributed by atoms with van der Waals surface area (Å²) in [5.74, 6) is 0. The second-order valence-corrected chi connectivity index (χ2v) is 3.97. The second kappa shape index (κ2) is 4.44. The van der Waals surface area contributed by atoms with E-state index in [4.69, 9.17) is 4.74 Å². The van der Waals surface area contributed by atoms with Gasteiger partial charge in [0, 0.05) is 12.3 Å². The van der Waals surface area contributed by atoms with Gasteiger partial charge in [-0.1, -0.05) is 6.92 Å². The highest BCUT2D eigenvalue weighted by Crippen LogP contribution is 2.29. The zero-order chi connectivity index (χ0) is 12.6. The molecule has 0 aromatic carbocycles. The molecule has 1 aliphatic rings. The summed E-state index contributed by atoms with van der Waals surface area (Å²) in [6.45, 7) is 1.80. The van der Waals surface area contributed by atoms with E-state index in [0.717, 1.165) is 10.6 Å². The van der Waals surface area contributed by atoms with Gasteiger partial charge in [0.25, 0.3) is 5.56 Å². The van der Waals surface area contributed by atoms with Crippen LogP contribution >= 0.6 is 0 Å². The summed E-state index contributed by atoms with van der Waals surface area (Å²) in [5, 5.41) is 19.5. The van der Waals surface area contributed by atoms with Crippen LogP contribution in [0.15, 0.2) is 21.9 Å². The van der Waals surface area contributed by atoms with E-state index in [1.807, 2.05) is 0 Å². The minimum absolute atomic E-state index is 0.520. The number of aromatic nitrogens is 2. The molecule has 7 nitrogen and oxygen atoms in total. The molecule has 0 spiro atoms. The molecule has 17 heavy (non-hydrogen) atoms. The van der Waals surface area contributed by atoms with E-state index in [9.17, 15) is 19.8 Å². The van der Waals surface area contributed by atoms with Gasteiger partial charge in [0.1, 0.15) is 12.2 Å². The zero-order valence-electron chi connectivity index (χ0n) is 9.24. The molecule has 1 saturated heterocycles. The topological polar surface area (TPSA) is 105 Å². The van der Waals surface area contributed by atoms with Crippen LogP contribution in [0.1, 0.15) is 19.6 Å². The number of nitrogens with zero attached hydrogens (tertiary/aromatic N) is 1. The summed E-state index contributed by atoms with van der Waals surface area (Å²) in [7, 11) is 0. The molecule has 1 aromatic rings. The maximum Gasteiger partial charge on any atom is 0.330 e. The van der Waals surface area contributed by atoms with Crippen molar-refractivity contribution in [1.82, 2.24) is 9.55 Å². The number of aliphatic hydroxyl groups is 2. The second-order valence-electron chi connectivity index (χ2n) is 3.97. The van der Waals surface area contributed by atoms with Crippen LogP contribution in [0.5, 0.6) is 0 Å². The quantitative estimate of drug-likeness (QED) is 0.589. The Labute approximate surface area is 96.3 Å². The first-order valence-corrected chi connectivity index (χ1v) is 5.37. The minimum atomic E-state index is -1.19. The maximum atomic E-state index is 11.5. The van der Waals surface area contributed by atoms with Gasteiger partial charge >= 0.3 is 5.69 Å². The number of aliphatic hydroxyl groups excluding tert-OH is 2. The molecule has 0 unspecified atom stereocenters. The molecule has 1 aromatic heterocycles. The Bertz CT molecular complexity index is 508. The van der Waals surface area contributed by atoms with Crippen LogP contribution in [0, 0.1) is 0 Å². The van der Waals surface area contributed by atoms with E-state index < -0.39 is 35.8 Å². The van der Waals surface area contributed by atoms with Gasteiger partial charge < -0.3 is 14.9 Å². The molecule has 7 heteroatoms. The van der Waals surface area contributed by atoms with Gasteiger partial charge in [0.05, 0.1) is 6.10 Å². The van der Waals surface area contributed by atoms with Crippen molar-refractivity contribution in [3.05, 3.63) is 33.1 Å².